The molecule has 0 spiro atoms. The van der Waals surface area contributed by atoms with Gasteiger partial charge in [0.15, 0.2) is 0 Å². The van der Waals surface area contributed by atoms with Crippen molar-refractivity contribution in [3.8, 4) is 0 Å². The van der Waals surface area contributed by atoms with Gasteiger partial charge in [-0.15, -0.1) is 0 Å². The van der Waals surface area contributed by atoms with Gasteiger partial charge in [-0.1, -0.05) is 24.3 Å². The molecule has 0 aromatic carbocycles. The van der Waals surface area contributed by atoms with E-state index in [0.717, 1.165) is 6.42 Å². The Morgan fingerprint density at radius 2 is 0.897 bits per heavy atom. The van der Waals surface area contributed by atoms with E-state index in [4.69, 9.17) is 9.47 Å². The van der Waals surface area contributed by atoms with Crippen LogP contribution in [0.1, 0.15) is 6.42 Å². The maximum atomic E-state index is 12.5. The summed E-state index contributed by atoms with van der Waals surface area (Å²) in [5, 5.41) is 0. The van der Waals surface area contributed by atoms with Gasteiger partial charge in [-0.3, -0.25) is 19.2 Å². The molecule has 14 unspecified atom stereocenters. The predicted molar refractivity (Wildman–Crippen MR) is 94.0 cm³/mol. The zero-order valence-corrected chi connectivity index (χ0v) is 15.5. The Bertz CT molecular complexity index is 919. The number of fused-ring (bicyclic) bond motifs is 5. The second kappa shape index (κ2) is 4.57. The number of ether oxygens (including phenoxy) is 2. The maximum absolute atomic E-state index is 12.5. The van der Waals surface area contributed by atoms with Crippen LogP contribution in [0.4, 0.5) is 0 Å². The van der Waals surface area contributed by atoms with E-state index in [0.29, 0.717) is 35.5 Å². The quantitative estimate of drug-likeness (QED) is 0.352. The lowest BCUT2D eigenvalue weighted by atomic mass is 9.39. The molecule has 6 nitrogen and oxygen atoms in total. The summed E-state index contributed by atoms with van der Waals surface area (Å²) in [4.78, 5) is 49.8. The molecule has 6 fully saturated rings. The number of cyclic esters (lactones) is 4. The highest BCUT2D eigenvalue weighted by atomic mass is 16.6. The molecule has 0 aromatic heterocycles. The van der Waals surface area contributed by atoms with Gasteiger partial charge in [0.1, 0.15) is 0 Å². The summed E-state index contributed by atoms with van der Waals surface area (Å²) >= 11 is 0. The summed E-state index contributed by atoms with van der Waals surface area (Å²) in [6.45, 7) is 0. The molecule has 8 aliphatic carbocycles. The topological polar surface area (TPSA) is 86.7 Å². The van der Waals surface area contributed by atoms with E-state index in [2.05, 4.69) is 24.3 Å². The largest absolute Gasteiger partial charge is 0.393 e. The van der Waals surface area contributed by atoms with Gasteiger partial charge in [0.25, 0.3) is 0 Å². The first-order valence-electron chi connectivity index (χ1n) is 10.9. The van der Waals surface area contributed by atoms with Crippen LogP contribution in [0.2, 0.25) is 0 Å². The van der Waals surface area contributed by atoms with Gasteiger partial charge >= 0.3 is 23.9 Å². The van der Waals surface area contributed by atoms with Crippen LogP contribution in [0.25, 0.3) is 0 Å². The zero-order chi connectivity index (χ0) is 19.3. The van der Waals surface area contributed by atoms with Gasteiger partial charge in [-0.25, -0.2) is 0 Å². The van der Waals surface area contributed by atoms with Crippen LogP contribution >= 0.6 is 0 Å². The van der Waals surface area contributed by atoms with Gasteiger partial charge in [-0.2, -0.15) is 0 Å². The molecule has 0 N–H and O–H groups in total. The number of esters is 4. The Hall–Kier alpha value is -2.24. The van der Waals surface area contributed by atoms with Crippen molar-refractivity contribution < 1.29 is 28.7 Å². The number of carbonyl (C=O) groups is 4. The van der Waals surface area contributed by atoms with E-state index in [-0.39, 0.29) is 71.2 Å². The van der Waals surface area contributed by atoms with E-state index in [1.165, 1.54) is 0 Å². The van der Waals surface area contributed by atoms with Gasteiger partial charge < -0.3 is 9.47 Å². The van der Waals surface area contributed by atoms with Crippen molar-refractivity contribution in [2.24, 2.45) is 82.9 Å². The normalized spacial score (nSPS) is 61.5. The van der Waals surface area contributed by atoms with Crippen molar-refractivity contribution in [2.75, 3.05) is 0 Å². The van der Waals surface area contributed by atoms with Gasteiger partial charge in [0.2, 0.25) is 0 Å². The van der Waals surface area contributed by atoms with Crippen LogP contribution in [0.3, 0.4) is 0 Å². The molecule has 0 radical (unpaired) electrons. The van der Waals surface area contributed by atoms with Gasteiger partial charge in [0, 0.05) is 0 Å². The third-order valence-corrected chi connectivity index (χ3v) is 10.2. The Morgan fingerprint density at radius 1 is 0.517 bits per heavy atom. The monoisotopic (exact) mass is 392 g/mol. The second-order valence-corrected chi connectivity index (χ2v) is 10.5. The molecule has 2 heterocycles. The number of carbonyl (C=O) groups excluding carboxylic acids is 4. The highest BCUT2D eigenvalue weighted by Crippen LogP contribution is 2.74. The van der Waals surface area contributed by atoms with E-state index in [9.17, 15) is 19.2 Å². The molecule has 14 atom stereocenters. The third kappa shape index (κ3) is 1.46. The molecular weight excluding hydrogens is 372 g/mol. The average Bonchev–Trinajstić information content (AvgIpc) is 3.45. The summed E-state index contributed by atoms with van der Waals surface area (Å²) in [7, 11) is 0. The van der Waals surface area contributed by atoms with Gasteiger partial charge in [0.05, 0.1) is 23.7 Å². The lowest BCUT2D eigenvalue weighted by Gasteiger charge is -2.63. The van der Waals surface area contributed by atoms with Crippen molar-refractivity contribution in [3.63, 3.8) is 0 Å². The van der Waals surface area contributed by atoms with E-state index in [1.54, 1.807) is 0 Å². The molecule has 29 heavy (non-hydrogen) atoms. The maximum Gasteiger partial charge on any atom is 0.318 e. The molecule has 0 aromatic rings. The highest BCUT2D eigenvalue weighted by molar-refractivity contribution is 5.98. The van der Waals surface area contributed by atoms with E-state index in [1.807, 2.05) is 0 Å². The van der Waals surface area contributed by atoms with Crippen molar-refractivity contribution in [1.29, 1.82) is 0 Å². The molecule has 148 valence electrons. The molecular formula is C23H20O6. The molecule has 6 bridgehead atoms. The molecule has 2 saturated heterocycles. The van der Waals surface area contributed by atoms with Crippen molar-refractivity contribution in [3.05, 3.63) is 24.3 Å². The SMILES string of the molecule is O=C1OC(=O)C2C3C=CC(C12)C1C2C=CC(C31)C1C3CC(C4C(=O)OC(=O)C34)C21. The van der Waals surface area contributed by atoms with Crippen LogP contribution < -0.4 is 0 Å². The Kier molecular flexibility index (Phi) is 2.46. The number of hydrogen-bond acceptors (Lipinski definition) is 6. The molecule has 10 aliphatic rings. The Labute approximate surface area is 166 Å². The average molecular weight is 392 g/mol. The molecule has 6 heteroatoms. The first-order valence-corrected chi connectivity index (χ1v) is 10.9. The fraction of sp³-hybridized carbons (Fsp3) is 0.652. The predicted octanol–water partition coefficient (Wildman–Crippen LogP) is 1.36. The number of hydrogen-bond donors (Lipinski definition) is 0. The summed E-state index contributed by atoms with van der Waals surface area (Å²) < 4.78 is 10.1. The van der Waals surface area contributed by atoms with Crippen molar-refractivity contribution in [1.82, 2.24) is 0 Å². The first kappa shape index (κ1) is 15.6. The fourth-order valence-corrected chi connectivity index (χ4v) is 9.84. The minimum atomic E-state index is -0.349. The Balaban J connectivity index is 1.26. The summed E-state index contributed by atoms with van der Waals surface area (Å²) in [6, 6.07) is 0. The summed E-state index contributed by atoms with van der Waals surface area (Å²) in [6.07, 6.45) is 9.93. The van der Waals surface area contributed by atoms with E-state index >= 15 is 0 Å². The van der Waals surface area contributed by atoms with Crippen LogP contribution in [0, 0.1) is 82.9 Å². The first-order chi connectivity index (χ1) is 14.1. The van der Waals surface area contributed by atoms with E-state index < -0.39 is 0 Å². The minimum Gasteiger partial charge on any atom is -0.393 e. The molecule has 10 rings (SSSR count). The van der Waals surface area contributed by atoms with Crippen molar-refractivity contribution >= 4 is 23.9 Å². The lowest BCUT2D eigenvalue weighted by molar-refractivity contribution is -0.156. The molecule has 4 saturated carbocycles. The van der Waals surface area contributed by atoms with Gasteiger partial charge in [-0.05, 0) is 65.6 Å². The zero-order valence-electron chi connectivity index (χ0n) is 15.5. The highest BCUT2D eigenvalue weighted by Gasteiger charge is 2.75. The van der Waals surface area contributed by atoms with Crippen LogP contribution in [-0.4, -0.2) is 23.9 Å². The second-order valence-electron chi connectivity index (χ2n) is 10.5. The lowest BCUT2D eigenvalue weighted by Crippen LogP contribution is -2.62. The number of allylic oxidation sites excluding steroid dienone is 4. The van der Waals surface area contributed by atoms with Crippen LogP contribution in [0.5, 0.6) is 0 Å². The standard InChI is InChI=1S/C23H20O6/c24-20-16-8-3-4-9(17(16)21(25)28-20)13-7-2-1-6(12(8)13)14-10-5-11(15(7)14)19-18(10)22(26)29-23(19)27/h1-4,6-19H,5H2. The fourth-order valence-electron chi connectivity index (χ4n) is 9.84. The summed E-state index contributed by atoms with van der Waals surface area (Å²) in [5.74, 6) is -0.000362. The summed E-state index contributed by atoms with van der Waals surface area (Å²) in [5.41, 5.74) is 0. The molecule has 0 amide bonds. The minimum absolute atomic E-state index is 0.0411. The smallest absolute Gasteiger partial charge is 0.318 e. The van der Waals surface area contributed by atoms with Crippen molar-refractivity contribution in [2.45, 2.75) is 6.42 Å². The van der Waals surface area contributed by atoms with Crippen LogP contribution in [0.15, 0.2) is 24.3 Å². The third-order valence-electron chi connectivity index (χ3n) is 10.2. The molecule has 2 aliphatic heterocycles. The Morgan fingerprint density at radius 3 is 1.34 bits per heavy atom. The number of rotatable bonds is 0. The van der Waals surface area contributed by atoms with Crippen LogP contribution in [-0.2, 0) is 28.7 Å².